The molecule has 0 saturated heterocycles. The number of hydrogen-bond acceptors (Lipinski definition) is 7. The van der Waals surface area contributed by atoms with E-state index in [0.29, 0.717) is 5.56 Å². The van der Waals surface area contributed by atoms with Gasteiger partial charge in [0, 0.05) is 5.56 Å². The lowest BCUT2D eigenvalue weighted by atomic mass is 10.0. The van der Waals surface area contributed by atoms with Crippen LogP contribution in [0.3, 0.4) is 0 Å². The van der Waals surface area contributed by atoms with Crippen LogP contribution in [0.2, 0.25) is 0 Å². The summed E-state index contributed by atoms with van der Waals surface area (Å²) in [6.45, 7) is -0.345. The standard InChI is InChI=1S/C21H16N2O5S/c24-17(16-8-7-14-4-1-2-5-15(14)12-16)13-27-19(25)9-10-23-21(26)28-20(22-23)18-6-3-11-29-18/h1-8,11-12H,9-10,13H2. The normalized spacial score (nSPS) is 10.9. The number of ketones is 1. The zero-order valence-electron chi connectivity index (χ0n) is 15.2. The maximum absolute atomic E-state index is 12.3. The number of carbonyl (C=O) groups is 2. The fraction of sp³-hybridized carbons (Fsp3) is 0.143. The molecule has 0 aliphatic rings. The molecule has 8 heteroatoms. The van der Waals surface area contributed by atoms with Gasteiger partial charge in [0.15, 0.2) is 12.4 Å². The molecule has 2 aromatic heterocycles. The van der Waals surface area contributed by atoms with Gasteiger partial charge in [-0.3, -0.25) is 9.59 Å². The van der Waals surface area contributed by atoms with Crippen molar-refractivity contribution in [3.05, 3.63) is 76.1 Å². The highest BCUT2D eigenvalue weighted by Gasteiger charge is 2.14. The minimum Gasteiger partial charge on any atom is -0.457 e. The predicted molar refractivity (Wildman–Crippen MR) is 108 cm³/mol. The second kappa shape index (κ2) is 8.24. The molecule has 0 atom stereocenters. The second-order valence-corrected chi connectivity index (χ2v) is 7.22. The van der Waals surface area contributed by atoms with Crippen molar-refractivity contribution in [3.63, 3.8) is 0 Å². The molecule has 0 fully saturated rings. The molecule has 0 aliphatic heterocycles. The summed E-state index contributed by atoms with van der Waals surface area (Å²) in [7, 11) is 0. The van der Waals surface area contributed by atoms with E-state index in [0.717, 1.165) is 20.3 Å². The fourth-order valence-corrected chi connectivity index (χ4v) is 3.45. The lowest BCUT2D eigenvalue weighted by molar-refractivity contribution is -0.142. The summed E-state index contributed by atoms with van der Waals surface area (Å²) in [5.41, 5.74) is 0.477. The van der Waals surface area contributed by atoms with Crippen LogP contribution in [0, 0.1) is 0 Å². The van der Waals surface area contributed by atoms with Gasteiger partial charge >= 0.3 is 11.7 Å². The van der Waals surface area contributed by atoms with Crippen molar-refractivity contribution in [1.82, 2.24) is 9.78 Å². The van der Waals surface area contributed by atoms with E-state index in [2.05, 4.69) is 5.10 Å². The van der Waals surface area contributed by atoms with E-state index in [1.807, 2.05) is 41.8 Å². The maximum atomic E-state index is 12.3. The van der Waals surface area contributed by atoms with Crippen molar-refractivity contribution in [1.29, 1.82) is 0 Å². The van der Waals surface area contributed by atoms with Crippen LogP contribution >= 0.6 is 11.3 Å². The summed E-state index contributed by atoms with van der Waals surface area (Å²) in [4.78, 5) is 36.8. The molecule has 7 nitrogen and oxygen atoms in total. The zero-order valence-corrected chi connectivity index (χ0v) is 16.1. The molecule has 0 bridgehead atoms. The average molecular weight is 408 g/mol. The summed E-state index contributed by atoms with van der Waals surface area (Å²) in [6.07, 6.45) is -0.0959. The van der Waals surface area contributed by atoms with Crippen molar-refractivity contribution >= 4 is 33.9 Å². The van der Waals surface area contributed by atoms with Crippen LogP contribution in [0.15, 0.2) is 69.2 Å². The number of thiophene rings is 1. The molecule has 0 aliphatic carbocycles. The van der Waals surface area contributed by atoms with Gasteiger partial charge in [0.2, 0.25) is 0 Å². The smallest absolute Gasteiger partial charge is 0.437 e. The first-order chi connectivity index (χ1) is 14.1. The Morgan fingerprint density at radius 3 is 2.69 bits per heavy atom. The van der Waals surface area contributed by atoms with Crippen molar-refractivity contribution in [3.8, 4) is 10.8 Å². The first kappa shape index (κ1) is 18.8. The SMILES string of the molecule is O=C(CCn1nc(-c2cccs2)oc1=O)OCC(=O)c1ccc2ccccc2c1. The Kier molecular flexibility index (Phi) is 5.35. The highest BCUT2D eigenvalue weighted by Crippen LogP contribution is 2.21. The molecule has 0 saturated carbocycles. The summed E-state index contributed by atoms with van der Waals surface area (Å²) >= 11 is 1.39. The number of nitrogens with zero attached hydrogens (tertiary/aromatic N) is 2. The number of aromatic nitrogens is 2. The van der Waals surface area contributed by atoms with E-state index >= 15 is 0 Å². The molecule has 2 aromatic carbocycles. The third-order valence-electron chi connectivity index (χ3n) is 4.30. The van der Waals surface area contributed by atoms with Gasteiger partial charge in [0.1, 0.15) is 0 Å². The Morgan fingerprint density at radius 2 is 1.90 bits per heavy atom. The van der Waals surface area contributed by atoms with E-state index in [9.17, 15) is 14.4 Å². The number of esters is 1. The number of fused-ring (bicyclic) bond motifs is 1. The lowest BCUT2D eigenvalue weighted by Crippen LogP contribution is -2.20. The van der Waals surface area contributed by atoms with Gasteiger partial charge in [0.05, 0.1) is 17.8 Å². The molecule has 4 aromatic rings. The third-order valence-corrected chi connectivity index (χ3v) is 5.16. The molecular weight excluding hydrogens is 392 g/mol. The van der Waals surface area contributed by atoms with E-state index in [1.54, 1.807) is 18.2 Å². The molecule has 0 N–H and O–H groups in total. The minimum atomic E-state index is -0.645. The van der Waals surface area contributed by atoms with Gasteiger partial charge in [-0.15, -0.1) is 16.4 Å². The van der Waals surface area contributed by atoms with Crippen molar-refractivity contribution in [2.75, 3.05) is 6.61 Å². The second-order valence-electron chi connectivity index (χ2n) is 6.27. The predicted octanol–water partition coefficient (Wildman–Crippen LogP) is 3.53. The van der Waals surface area contributed by atoms with Crippen molar-refractivity contribution < 1.29 is 18.7 Å². The van der Waals surface area contributed by atoms with E-state index in [4.69, 9.17) is 9.15 Å². The molecule has 2 heterocycles. The highest BCUT2D eigenvalue weighted by atomic mass is 32.1. The zero-order chi connectivity index (χ0) is 20.2. The summed E-state index contributed by atoms with van der Waals surface area (Å²) in [5, 5.41) is 7.88. The molecule has 0 unspecified atom stereocenters. The Hall–Kier alpha value is -3.52. The minimum absolute atomic E-state index is 0.0106. The molecule has 0 radical (unpaired) electrons. The Morgan fingerprint density at radius 1 is 1.07 bits per heavy atom. The molecule has 29 heavy (non-hydrogen) atoms. The Bertz CT molecular complexity index is 1220. The van der Waals surface area contributed by atoms with Crippen LogP contribution < -0.4 is 5.76 Å². The Labute approximate surface area is 169 Å². The van der Waals surface area contributed by atoms with Crippen LogP contribution in [0.5, 0.6) is 0 Å². The van der Waals surface area contributed by atoms with Crippen LogP contribution in [0.25, 0.3) is 21.5 Å². The molecule has 0 spiro atoms. The van der Waals surface area contributed by atoms with Gasteiger partial charge in [-0.05, 0) is 28.3 Å². The summed E-state index contributed by atoms with van der Waals surface area (Å²) in [5.74, 6) is -1.31. The monoisotopic (exact) mass is 408 g/mol. The Balaban J connectivity index is 1.32. The van der Waals surface area contributed by atoms with Gasteiger partial charge in [-0.1, -0.05) is 42.5 Å². The van der Waals surface area contributed by atoms with Gasteiger partial charge < -0.3 is 9.15 Å². The molecular formula is C21H16N2O5S. The maximum Gasteiger partial charge on any atom is 0.437 e. The first-order valence-corrected chi connectivity index (χ1v) is 9.77. The number of aryl methyl sites for hydroxylation is 1. The van der Waals surface area contributed by atoms with E-state index < -0.39 is 11.7 Å². The molecule has 146 valence electrons. The first-order valence-electron chi connectivity index (χ1n) is 8.89. The number of carbonyl (C=O) groups excluding carboxylic acids is 2. The quantitative estimate of drug-likeness (QED) is 0.343. The number of ether oxygens (including phenoxy) is 1. The largest absolute Gasteiger partial charge is 0.457 e. The number of hydrogen-bond donors (Lipinski definition) is 0. The summed E-state index contributed by atoms with van der Waals surface area (Å²) in [6, 6.07) is 16.6. The highest BCUT2D eigenvalue weighted by molar-refractivity contribution is 7.13. The van der Waals surface area contributed by atoms with Crippen LogP contribution in [0.4, 0.5) is 0 Å². The van der Waals surface area contributed by atoms with Crippen molar-refractivity contribution in [2.24, 2.45) is 0 Å². The molecule has 0 amide bonds. The number of rotatable bonds is 7. The molecule has 4 rings (SSSR count). The van der Waals surface area contributed by atoms with Crippen LogP contribution in [0.1, 0.15) is 16.8 Å². The lowest BCUT2D eigenvalue weighted by Gasteiger charge is -2.05. The number of benzene rings is 2. The topological polar surface area (TPSA) is 91.4 Å². The number of Topliss-reactive ketones (excluding diaryl/α,β-unsaturated/α-hetero) is 1. The van der Waals surface area contributed by atoms with Gasteiger partial charge in [0.25, 0.3) is 5.89 Å². The van der Waals surface area contributed by atoms with Crippen LogP contribution in [-0.4, -0.2) is 28.1 Å². The average Bonchev–Trinajstić information content (AvgIpc) is 3.40. The van der Waals surface area contributed by atoms with E-state index in [-0.39, 0.29) is 31.2 Å². The van der Waals surface area contributed by atoms with Gasteiger partial charge in [-0.25, -0.2) is 4.79 Å². The van der Waals surface area contributed by atoms with Gasteiger partial charge in [-0.2, -0.15) is 4.68 Å². The fourth-order valence-electron chi connectivity index (χ4n) is 2.81. The third kappa shape index (κ3) is 4.33. The van der Waals surface area contributed by atoms with E-state index in [1.165, 1.54) is 11.3 Å². The summed E-state index contributed by atoms with van der Waals surface area (Å²) < 4.78 is 11.2. The van der Waals surface area contributed by atoms with Crippen LogP contribution in [-0.2, 0) is 16.1 Å². The van der Waals surface area contributed by atoms with Crippen molar-refractivity contribution in [2.45, 2.75) is 13.0 Å².